The lowest BCUT2D eigenvalue weighted by molar-refractivity contribution is -0.131. The van der Waals surface area contributed by atoms with E-state index in [4.69, 9.17) is 9.84 Å². The summed E-state index contributed by atoms with van der Waals surface area (Å²) in [4.78, 5) is 26.0. The largest absolute Gasteiger partial charge is 0.496 e. The minimum Gasteiger partial charge on any atom is -0.496 e. The van der Waals surface area contributed by atoms with Crippen LogP contribution in [0.5, 0.6) is 5.75 Å². The molecule has 2 rings (SSSR count). The molecule has 0 fully saturated rings. The molecule has 1 aliphatic rings. The van der Waals surface area contributed by atoms with Crippen molar-refractivity contribution in [3.05, 3.63) is 40.8 Å². The number of ether oxygens (including phenoxy) is 1. The van der Waals surface area contributed by atoms with Crippen LogP contribution in [0.1, 0.15) is 5.56 Å². The highest BCUT2D eigenvalue weighted by molar-refractivity contribution is 8.19. The molecule has 0 spiro atoms. The third-order valence-electron chi connectivity index (χ3n) is 2.21. The quantitative estimate of drug-likeness (QED) is 0.840. The number of para-hydroxylation sites is 1. The first-order chi connectivity index (χ1) is 8.61. The summed E-state index contributed by atoms with van der Waals surface area (Å²) in [6.45, 7) is 0. The molecular formula is C12H9NO4S. The first kappa shape index (κ1) is 12.4. The molecule has 5 nitrogen and oxygen atoms in total. The summed E-state index contributed by atoms with van der Waals surface area (Å²) in [5.74, 6) is -1.11. The highest BCUT2D eigenvalue weighted by atomic mass is 32.2. The van der Waals surface area contributed by atoms with Crippen LogP contribution in [0, 0.1) is 0 Å². The summed E-state index contributed by atoms with van der Waals surface area (Å²) in [6, 6.07) is 7.12. The monoisotopic (exact) mass is 263 g/mol. The van der Waals surface area contributed by atoms with Gasteiger partial charge in [0.05, 0.1) is 12.0 Å². The highest BCUT2D eigenvalue weighted by Gasteiger charge is 2.25. The Kier molecular flexibility index (Phi) is 3.47. The van der Waals surface area contributed by atoms with Crippen molar-refractivity contribution in [3.8, 4) is 5.75 Å². The number of methoxy groups -OCH3 is 1. The predicted octanol–water partition coefficient (Wildman–Crippen LogP) is 1.68. The number of hydrogen-bond acceptors (Lipinski definition) is 4. The molecule has 0 radical (unpaired) electrons. The van der Waals surface area contributed by atoms with Gasteiger partial charge in [0, 0.05) is 11.6 Å². The predicted molar refractivity (Wildman–Crippen MR) is 67.8 cm³/mol. The average molecular weight is 263 g/mol. The Hall–Kier alpha value is -2.08. The van der Waals surface area contributed by atoms with Gasteiger partial charge in [0.25, 0.3) is 5.91 Å². The molecule has 1 aliphatic heterocycles. The zero-order chi connectivity index (χ0) is 13.1. The van der Waals surface area contributed by atoms with E-state index in [-0.39, 0.29) is 4.91 Å². The fourth-order valence-electron chi connectivity index (χ4n) is 1.46. The zero-order valence-corrected chi connectivity index (χ0v) is 10.2. The Morgan fingerprint density at radius 1 is 1.44 bits per heavy atom. The standard InChI is InChI=1S/C12H9NO4S/c1-17-8-5-3-2-4-7(8)12-13-11(16)9(18-12)6-10(14)15/h2-6H,1H3,(H,14,15)/b9-6+. The molecule has 1 aromatic rings. The first-order valence-corrected chi connectivity index (χ1v) is 5.82. The second-order valence-corrected chi connectivity index (χ2v) is 4.40. The number of aliphatic imine (C=N–C) groups is 1. The van der Waals surface area contributed by atoms with Crippen molar-refractivity contribution >= 4 is 28.7 Å². The Morgan fingerprint density at radius 3 is 2.83 bits per heavy atom. The van der Waals surface area contributed by atoms with Gasteiger partial charge >= 0.3 is 5.97 Å². The van der Waals surface area contributed by atoms with E-state index >= 15 is 0 Å². The first-order valence-electron chi connectivity index (χ1n) is 5.00. The number of rotatable bonds is 3. The van der Waals surface area contributed by atoms with Gasteiger partial charge < -0.3 is 9.84 Å². The number of carbonyl (C=O) groups is 2. The van der Waals surface area contributed by atoms with Gasteiger partial charge in [-0.1, -0.05) is 23.9 Å². The van der Waals surface area contributed by atoms with Crippen molar-refractivity contribution in [2.75, 3.05) is 7.11 Å². The zero-order valence-electron chi connectivity index (χ0n) is 9.41. The maximum absolute atomic E-state index is 11.5. The number of carbonyl (C=O) groups excluding carboxylic acids is 1. The SMILES string of the molecule is COc1ccccc1C1=NC(=O)/C(=C\C(=O)O)S1. The fraction of sp³-hybridized carbons (Fsp3) is 0.0833. The van der Waals surface area contributed by atoms with Crippen molar-refractivity contribution in [1.82, 2.24) is 0 Å². The van der Waals surface area contributed by atoms with E-state index < -0.39 is 11.9 Å². The molecule has 0 bridgehead atoms. The molecule has 1 heterocycles. The van der Waals surface area contributed by atoms with E-state index in [1.807, 2.05) is 0 Å². The number of nitrogens with zero attached hydrogens (tertiary/aromatic N) is 1. The number of carboxylic acids is 1. The topological polar surface area (TPSA) is 76.0 Å². The van der Waals surface area contributed by atoms with Crippen LogP contribution in [0.3, 0.4) is 0 Å². The van der Waals surface area contributed by atoms with Gasteiger partial charge in [-0.15, -0.1) is 0 Å². The molecule has 0 aliphatic carbocycles. The lowest BCUT2D eigenvalue weighted by Gasteiger charge is -2.06. The molecule has 1 amide bonds. The van der Waals surface area contributed by atoms with E-state index in [0.717, 1.165) is 17.8 Å². The third kappa shape index (κ3) is 2.43. The Morgan fingerprint density at radius 2 is 2.17 bits per heavy atom. The van der Waals surface area contributed by atoms with Gasteiger partial charge in [-0.25, -0.2) is 9.79 Å². The summed E-state index contributed by atoms with van der Waals surface area (Å²) >= 11 is 1.03. The second kappa shape index (κ2) is 5.05. The van der Waals surface area contributed by atoms with Crippen LogP contribution in [-0.4, -0.2) is 29.1 Å². The molecule has 0 saturated heterocycles. The fourth-order valence-corrected chi connectivity index (χ4v) is 2.37. The number of thioether (sulfide) groups is 1. The third-order valence-corrected chi connectivity index (χ3v) is 3.23. The summed E-state index contributed by atoms with van der Waals surface area (Å²) in [5.41, 5.74) is 0.673. The highest BCUT2D eigenvalue weighted by Crippen LogP contribution is 2.33. The number of aliphatic carboxylic acids is 1. The van der Waals surface area contributed by atoms with Crippen molar-refractivity contribution in [1.29, 1.82) is 0 Å². The molecule has 92 valence electrons. The minimum atomic E-state index is -1.16. The number of hydrogen-bond donors (Lipinski definition) is 1. The van der Waals surface area contributed by atoms with Gasteiger partial charge in [0.2, 0.25) is 0 Å². The van der Waals surface area contributed by atoms with Gasteiger partial charge in [0.1, 0.15) is 10.8 Å². The van der Waals surface area contributed by atoms with Crippen LogP contribution >= 0.6 is 11.8 Å². The number of carboxylic acid groups (broad SMARTS) is 1. The van der Waals surface area contributed by atoms with Crippen molar-refractivity contribution in [3.63, 3.8) is 0 Å². The molecule has 0 unspecified atom stereocenters. The number of amides is 1. The minimum absolute atomic E-state index is 0.100. The van der Waals surface area contributed by atoms with Crippen LogP contribution in [-0.2, 0) is 9.59 Å². The van der Waals surface area contributed by atoms with E-state index in [0.29, 0.717) is 16.4 Å². The van der Waals surface area contributed by atoms with Crippen LogP contribution in [0.15, 0.2) is 40.2 Å². The average Bonchev–Trinajstić information content (AvgIpc) is 2.70. The molecule has 1 N–H and O–H groups in total. The summed E-state index contributed by atoms with van der Waals surface area (Å²) in [7, 11) is 1.52. The van der Waals surface area contributed by atoms with E-state index in [2.05, 4.69) is 4.99 Å². The van der Waals surface area contributed by atoms with Crippen molar-refractivity contribution < 1.29 is 19.4 Å². The summed E-state index contributed by atoms with van der Waals surface area (Å²) < 4.78 is 5.17. The van der Waals surface area contributed by atoms with E-state index in [9.17, 15) is 9.59 Å². The van der Waals surface area contributed by atoms with Gasteiger partial charge in [0.15, 0.2) is 0 Å². The molecule has 18 heavy (non-hydrogen) atoms. The van der Waals surface area contributed by atoms with Crippen molar-refractivity contribution in [2.24, 2.45) is 4.99 Å². The maximum Gasteiger partial charge on any atom is 0.329 e. The van der Waals surface area contributed by atoms with Crippen LogP contribution in [0.25, 0.3) is 0 Å². The normalized spacial score (nSPS) is 16.8. The Labute approximate surface area is 107 Å². The van der Waals surface area contributed by atoms with Crippen LogP contribution < -0.4 is 4.74 Å². The Balaban J connectivity index is 2.35. The summed E-state index contributed by atoms with van der Waals surface area (Å²) in [5, 5.41) is 9.08. The van der Waals surface area contributed by atoms with Gasteiger partial charge in [-0.2, -0.15) is 0 Å². The van der Waals surface area contributed by atoms with E-state index in [1.165, 1.54) is 7.11 Å². The van der Waals surface area contributed by atoms with Gasteiger partial charge in [-0.05, 0) is 12.1 Å². The second-order valence-electron chi connectivity index (χ2n) is 3.37. The molecule has 0 aromatic heterocycles. The molecule has 0 saturated carbocycles. The van der Waals surface area contributed by atoms with Gasteiger partial charge in [-0.3, -0.25) is 4.79 Å². The molecule has 6 heteroatoms. The lowest BCUT2D eigenvalue weighted by atomic mass is 10.2. The molecule has 1 aromatic carbocycles. The number of benzene rings is 1. The lowest BCUT2D eigenvalue weighted by Crippen LogP contribution is -1.96. The summed E-state index contributed by atoms with van der Waals surface area (Å²) in [6.07, 6.45) is 0.860. The van der Waals surface area contributed by atoms with Crippen molar-refractivity contribution in [2.45, 2.75) is 0 Å². The van der Waals surface area contributed by atoms with Crippen LogP contribution in [0.2, 0.25) is 0 Å². The Bertz CT molecular complexity index is 577. The van der Waals surface area contributed by atoms with Crippen LogP contribution in [0.4, 0.5) is 0 Å². The molecule has 0 atom stereocenters. The molecular weight excluding hydrogens is 254 g/mol. The van der Waals surface area contributed by atoms with E-state index in [1.54, 1.807) is 24.3 Å². The maximum atomic E-state index is 11.5. The smallest absolute Gasteiger partial charge is 0.329 e.